The van der Waals surface area contributed by atoms with Crippen LogP contribution in [0.2, 0.25) is 0 Å². The number of methoxy groups -OCH3 is 1. The molecule has 2 N–H and O–H groups in total. The third-order valence-electron chi connectivity index (χ3n) is 2.97. The van der Waals surface area contributed by atoms with E-state index in [-0.39, 0.29) is 6.04 Å². The molecule has 18 heavy (non-hydrogen) atoms. The Labute approximate surface area is 118 Å². The van der Waals surface area contributed by atoms with Crippen molar-refractivity contribution in [2.45, 2.75) is 32.9 Å². The number of ether oxygens (including phenoxy) is 1. The zero-order chi connectivity index (χ0) is 13.7. The Bertz CT molecular complexity index is 380. The minimum atomic E-state index is 0.0416. The van der Waals surface area contributed by atoms with Crippen LogP contribution in [-0.2, 0) is 4.74 Å². The second kappa shape index (κ2) is 7.12. The number of hydrogen-bond donors (Lipinski definition) is 1. The summed E-state index contributed by atoms with van der Waals surface area (Å²) in [5.41, 5.74) is 8.24. The monoisotopic (exact) mass is 314 g/mol. The van der Waals surface area contributed by atoms with Gasteiger partial charge >= 0.3 is 0 Å². The maximum Gasteiger partial charge on any atom is 0.0637 e. The number of benzene rings is 1. The Hall–Kier alpha value is -0.580. The summed E-state index contributed by atoms with van der Waals surface area (Å²) in [6.07, 6.45) is 0. The lowest BCUT2D eigenvalue weighted by Crippen LogP contribution is -2.33. The average molecular weight is 315 g/mol. The zero-order valence-corrected chi connectivity index (χ0v) is 13.2. The minimum Gasteiger partial charge on any atom is -0.383 e. The van der Waals surface area contributed by atoms with E-state index in [1.807, 2.05) is 6.92 Å². The predicted octanol–water partition coefficient (Wildman–Crippen LogP) is 3.33. The van der Waals surface area contributed by atoms with Crippen molar-refractivity contribution in [3.05, 3.63) is 28.2 Å². The highest BCUT2D eigenvalue weighted by Gasteiger charge is 2.13. The number of hydrogen-bond acceptors (Lipinski definition) is 3. The van der Waals surface area contributed by atoms with Crippen molar-refractivity contribution in [2.24, 2.45) is 5.73 Å². The molecule has 0 unspecified atom stereocenters. The maximum absolute atomic E-state index is 5.92. The van der Waals surface area contributed by atoms with Crippen LogP contribution in [0, 0.1) is 0 Å². The highest BCUT2D eigenvalue weighted by molar-refractivity contribution is 9.10. The van der Waals surface area contributed by atoms with Crippen LogP contribution in [0.25, 0.3) is 0 Å². The molecule has 0 aliphatic rings. The first kappa shape index (κ1) is 15.5. The van der Waals surface area contributed by atoms with Gasteiger partial charge < -0.3 is 15.4 Å². The summed E-state index contributed by atoms with van der Waals surface area (Å²) in [7, 11) is 1.73. The second-order valence-corrected chi connectivity index (χ2v) is 5.63. The molecule has 0 heterocycles. The van der Waals surface area contributed by atoms with Crippen molar-refractivity contribution < 1.29 is 4.74 Å². The Balaban J connectivity index is 2.95. The average Bonchev–Trinajstić information content (AvgIpc) is 2.28. The van der Waals surface area contributed by atoms with E-state index < -0.39 is 0 Å². The molecule has 4 heteroatoms. The summed E-state index contributed by atoms with van der Waals surface area (Å²) >= 11 is 3.60. The maximum atomic E-state index is 5.92. The van der Waals surface area contributed by atoms with Gasteiger partial charge in [0.05, 0.1) is 6.61 Å². The SMILES string of the molecule is COCCN(c1ccc([C@@H](C)N)c(Br)c1)C(C)C. The number of anilines is 1. The number of halogens is 1. The van der Waals surface area contributed by atoms with Crippen molar-refractivity contribution in [2.75, 3.05) is 25.2 Å². The van der Waals surface area contributed by atoms with E-state index in [9.17, 15) is 0 Å². The zero-order valence-electron chi connectivity index (χ0n) is 11.6. The third-order valence-corrected chi connectivity index (χ3v) is 3.65. The molecular weight excluding hydrogens is 292 g/mol. The van der Waals surface area contributed by atoms with Crippen LogP contribution < -0.4 is 10.6 Å². The highest BCUT2D eigenvalue weighted by atomic mass is 79.9. The molecule has 0 saturated carbocycles. The number of nitrogens with zero attached hydrogens (tertiary/aromatic N) is 1. The van der Waals surface area contributed by atoms with Crippen LogP contribution in [0.4, 0.5) is 5.69 Å². The molecular formula is C14H23BrN2O. The van der Waals surface area contributed by atoms with Gasteiger partial charge in [-0.05, 0) is 38.5 Å². The van der Waals surface area contributed by atoms with Gasteiger partial charge in [0.1, 0.15) is 0 Å². The molecule has 1 rings (SSSR count). The lowest BCUT2D eigenvalue weighted by atomic mass is 10.1. The molecule has 0 bridgehead atoms. The molecule has 0 saturated heterocycles. The molecule has 0 aliphatic carbocycles. The molecule has 0 fully saturated rings. The predicted molar refractivity (Wildman–Crippen MR) is 81.1 cm³/mol. The first-order valence-electron chi connectivity index (χ1n) is 6.28. The lowest BCUT2D eigenvalue weighted by Gasteiger charge is -2.29. The summed E-state index contributed by atoms with van der Waals surface area (Å²) in [6.45, 7) is 7.97. The summed E-state index contributed by atoms with van der Waals surface area (Å²) < 4.78 is 6.23. The van der Waals surface area contributed by atoms with E-state index in [0.29, 0.717) is 6.04 Å². The molecule has 3 nitrogen and oxygen atoms in total. The summed E-state index contributed by atoms with van der Waals surface area (Å²) in [6, 6.07) is 6.83. The standard InChI is InChI=1S/C14H23BrN2O/c1-10(2)17(7-8-18-4)12-5-6-13(11(3)16)14(15)9-12/h5-6,9-11H,7-8,16H2,1-4H3/t11-/m1/s1. The van der Waals surface area contributed by atoms with Crippen molar-refractivity contribution in [1.29, 1.82) is 0 Å². The Kier molecular flexibility index (Phi) is 6.12. The van der Waals surface area contributed by atoms with Crippen LogP contribution in [0.3, 0.4) is 0 Å². The Morgan fingerprint density at radius 2 is 2.00 bits per heavy atom. The molecule has 1 aromatic rings. The van der Waals surface area contributed by atoms with E-state index in [1.54, 1.807) is 7.11 Å². The summed E-state index contributed by atoms with van der Waals surface area (Å²) in [4.78, 5) is 2.32. The number of rotatable bonds is 6. The van der Waals surface area contributed by atoms with Crippen LogP contribution in [0.15, 0.2) is 22.7 Å². The normalized spacial score (nSPS) is 12.8. The topological polar surface area (TPSA) is 38.5 Å². The van der Waals surface area contributed by atoms with Crippen LogP contribution >= 0.6 is 15.9 Å². The van der Waals surface area contributed by atoms with Gasteiger partial charge in [0.25, 0.3) is 0 Å². The molecule has 102 valence electrons. The van der Waals surface area contributed by atoms with Gasteiger partial charge in [0, 0.05) is 35.9 Å². The van der Waals surface area contributed by atoms with Gasteiger partial charge in [-0.3, -0.25) is 0 Å². The molecule has 0 radical (unpaired) electrons. The van der Waals surface area contributed by atoms with E-state index in [2.05, 4.69) is 52.9 Å². The minimum absolute atomic E-state index is 0.0416. The lowest BCUT2D eigenvalue weighted by molar-refractivity contribution is 0.204. The van der Waals surface area contributed by atoms with Crippen molar-refractivity contribution in [1.82, 2.24) is 0 Å². The molecule has 0 aromatic heterocycles. The molecule has 1 atom stereocenters. The van der Waals surface area contributed by atoms with Crippen LogP contribution in [-0.4, -0.2) is 26.3 Å². The molecule has 0 spiro atoms. The summed E-state index contributed by atoms with van der Waals surface area (Å²) in [5, 5.41) is 0. The fourth-order valence-corrected chi connectivity index (χ4v) is 2.67. The summed E-state index contributed by atoms with van der Waals surface area (Å²) in [5.74, 6) is 0. The fourth-order valence-electron chi connectivity index (χ4n) is 1.94. The quantitative estimate of drug-likeness (QED) is 0.875. The van der Waals surface area contributed by atoms with Crippen molar-refractivity contribution in [3.8, 4) is 0 Å². The van der Waals surface area contributed by atoms with Gasteiger partial charge in [-0.15, -0.1) is 0 Å². The second-order valence-electron chi connectivity index (χ2n) is 4.77. The molecule has 1 aromatic carbocycles. The Morgan fingerprint density at radius 1 is 1.33 bits per heavy atom. The first-order chi connectivity index (χ1) is 8.47. The van der Waals surface area contributed by atoms with E-state index >= 15 is 0 Å². The van der Waals surface area contributed by atoms with Gasteiger partial charge in [0.15, 0.2) is 0 Å². The van der Waals surface area contributed by atoms with Gasteiger partial charge in [-0.25, -0.2) is 0 Å². The Morgan fingerprint density at radius 3 is 2.44 bits per heavy atom. The van der Waals surface area contributed by atoms with Gasteiger partial charge in [0.2, 0.25) is 0 Å². The third kappa shape index (κ3) is 3.97. The first-order valence-corrected chi connectivity index (χ1v) is 7.07. The van der Waals surface area contributed by atoms with E-state index in [1.165, 1.54) is 5.69 Å². The largest absolute Gasteiger partial charge is 0.383 e. The fraction of sp³-hybridized carbons (Fsp3) is 0.571. The van der Waals surface area contributed by atoms with Crippen molar-refractivity contribution in [3.63, 3.8) is 0 Å². The van der Waals surface area contributed by atoms with E-state index in [4.69, 9.17) is 10.5 Å². The molecule has 0 amide bonds. The molecule has 0 aliphatic heterocycles. The van der Waals surface area contributed by atoms with E-state index in [0.717, 1.165) is 23.2 Å². The number of nitrogens with two attached hydrogens (primary N) is 1. The van der Waals surface area contributed by atoms with Crippen LogP contribution in [0.5, 0.6) is 0 Å². The van der Waals surface area contributed by atoms with Crippen LogP contribution in [0.1, 0.15) is 32.4 Å². The smallest absolute Gasteiger partial charge is 0.0637 e. The van der Waals surface area contributed by atoms with Gasteiger partial charge in [-0.1, -0.05) is 22.0 Å². The van der Waals surface area contributed by atoms with Gasteiger partial charge in [-0.2, -0.15) is 0 Å². The highest BCUT2D eigenvalue weighted by Crippen LogP contribution is 2.28. The van der Waals surface area contributed by atoms with Crippen molar-refractivity contribution >= 4 is 21.6 Å².